The Bertz CT molecular complexity index is 708. The van der Waals surface area contributed by atoms with Gasteiger partial charge in [0.25, 0.3) is 11.6 Å². The van der Waals surface area contributed by atoms with Crippen molar-refractivity contribution in [3.05, 3.63) is 69.8 Å². The van der Waals surface area contributed by atoms with Crippen molar-refractivity contribution in [1.82, 2.24) is 0 Å². The summed E-state index contributed by atoms with van der Waals surface area (Å²) in [6.07, 6.45) is 0. The number of nitro groups is 1. The first-order valence-electron chi connectivity index (χ1n) is 6.25. The van der Waals surface area contributed by atoms with Crippen LogP contribution < -0.4 is 5.32 Å². The van der Waals surface area contributed by atoms with Gasteiger partial charge < -0.3 is 10.1 Å². The first-order chi connectivity index (χ1) is 10.5. The van der Waals surface area contributed by atoms with Crippen LogP contribution >= 0.6 is 0 Å². The van der Waals surface area contributed by atoms with Crippen molar-refractivity contribution in [1.29, 1.82) is 0 Å². The van der Waals surface area contributed by atoms with E-state index >= 15 is 0 Å². The molecule has 0 saturated carbocycles. The zero-order valence-electron chi connectivity index (χ0n) is 11.6. The summed E-state index contributed by atoms with van der Waals surface area (Å²) in [6.45, 7) is 0. The normalized spacial score (nSPS) is 9.86. The van der Waals surface area contributed by atoms with E-state index in [0.29, 0.717) is 16.8 Å². The van der Waals surface area contributed by atoms with Crippen molar-refractivity contribution < 1.29 is 19.2 Å². The zero-order valence-corrected chi connectivity index (χ0v) is 11.6. The summed E-state index contributed by atoms with van der Waals surface area (Å²) < 4.78 is 4.57. The molecule has 7 nitrogen and oxygen atoms in total. The SMILES string of the molecule is COC(=O)c1ccc(C(=O)Nc2ccc([N+](=O)[O-])cc2)cc1. The van der Waals surface area contributed by atoms with Crippen LogP contribution in [0.4, 0.5) is 11.4 Å². The summed E-state index contributed by atoms with van der Waals surface area (Å²) in [5, 5.41) is 13.2. The van der Waals surface area contributed by atoms with E-state index in [-0.39, 0.29) is 11.6 Å². The van der Waals surface area contributed by atoms with Gasteiger partial charge in [0.2, 0.25) is 0 Å². The Labute approximate surface area is 125 Å². The fourth-order valence-corrected chi connectivity index (χ4v) is 1.75. The molecule has 1 N–H and O–H groups in total. The minimum Gasteiger partial charge on any atom is -0.465 e. The number of carbonyl (C=O) groups excluding carboxylic acids is 2. The van der Waals surface area contributed by atoms with E-state index in [1.807, 2.05) is 0 Å². The van der Waals surface area contributed by atoms with Crippen LogP contribution in [0.1, 0.15) is 20.7 Å². The molecule has 0 aliphatic rings. The van der Waals surface area contributed by atoms with Crippen molar-refractivity contribution in [2.45, 2.75) is 0 Å². The van der Waals surface area contributed by atoms with Crippen LogP contribution in [0, 0.1) is 10.1 Å². The number of carbonyl (C=O) groups is 2. The van der Waals surface area contributed by atoms with Crippen LogP contribution in [-0.4, -0.2) is 23.9 Å². The standard InChI is InChI=1S/C15H12N2O5/c1-22-15(19)11-4-2-10(3-5-11)14(18)16-12-6-8-13(9-7-12)17(20)21/h2-9H,1H3,(H,16,18). The molecule has 0 radical (unpaired) electrons. The highest BCUT2D eigenvalue weighted by molar-refractivity contribution is 6.04. The van der Waals surface area contributed by atoms with Gasteiger partial charge in [-0.2, -0.15) is 0 Å². The quantitative estimate of drug-likeness (QED) is 0.531. The number of ether oxygens (including phenoxy) is 1. The summed E-state index contributed by atoms with van der Waals surface area (Å²) in [4.78, 5) is 33.3. The van der Waals surface area contributed by atoms with Crippen molar-refractivity contribution in [2.75, 3.05) is 12.4 Å². The Kier molecular flexibility index (Phi) is 4.47. The molecule has 0 atom stereocenters. The Morgan fingerprint density at radius 3 is 2.05 bits per heavy atom. The number of hydrogen-bond donors (Lipinski definition) is 1. The molecular weight excluding hydrogens is 288 g/mol. The maximum Gasteiger partial charge on any atom is 0.337 e. The molecule has 0 heterocycles. The molecule has 7 heteroatoms. The summed E-state index contributed by atoms with van der Waals surface area (Å²) >= 11 is 0. The topological polar surface area (TPSA) is 98.5 Å². The summed E-state index contributed by atoms with van der Waals surface area (Å²) in [6, 6.07) is 11.4. The Morgan fingerprint density at radius 2 is 1.55 bits per heavy atom. The predicted molar refractivity (Wildman–Crippen MR) is 78.8 cm³/mol. The lowest BCUT2D eigenvalue weighted by atomic mass is 10.1. The minimum absolute atomic E-state index is 0.0552. The first-order valence-corrected chi connectivity index (χ1v) is 6.25. The fourth-order valence-electron chi connectivity index (χ4n) is 1.75. The number of anilines is 1. The largest absolute Gasteiger partial charge is 0.465 e. The fraction of sp³-hybridized carbons (Fsp3) is 0.0667. The average molecular weight is 300 g/mol. The lowest BCUT2D eigenvalue weighted by molar-refractivity contribution is -0.384. The molecule has 0 aliphatic carbocycles. The third kappa shape index (κ3) is 3.45. The number of non-ortho nitro benzene ring substituents is 1. The van der Waals surface area contributed by atoms with Gasteiger partial charge in [-0.05, 0) is 36.4 Å². The van der Waals surface area contributed by atoms with E-state index < -0.39 is 10.9 Å². The van der Waals surface area contributed by atoms with Gasteiger partial charge in [-0.3, -0.25) is 14.9 Å². The van der Waals surface area contributed by atoms with Crippen molar-refractivity contribution in [3.8, 4) is 0 Å². The van der Waals surface area contributed by atoms with Crippen molar-refractivity contribution in [2.24, 2.45) is 0 Å². The van der Waals surface area contributed by atoms with Gasteiger partial charge in [0.05, 0.1) is 17.6 Å². The van der Waals surface area contributed by atoms with E-state index in [9.17, 15) is 19.7 Å². The lowest BCUT2D eigenvalue weighted by Crippen LogP contribution is -2.12. The van der Waals surface area contributed by atoms with Gasteiger partial charge in [-0.1, -0.05) is 0 Å². The molecule has 0 fully saturated rings. The van der Waals surface area contributed by atoms with E-state index in [1.165, 1.54) is 55.6 Å². The van der Waals surface area contributed by atoms with E-state index in [4.69, 9.17) is 0 Å². The van der Waals surface area contributed by atoms with Gasteiger partial charge >= 0.3 is 5.97 Å². The molecule has 0 bridgehead atoms. The molecular formula is C15H12N2O5. The van der Waals surface area contributed by atoms with Crippen LogP contribution in [0.25, 0.3) is 0 Å². The van der Waals surface area contributed by atoms with Gasteiger partial charge in [0.1, 0.15) is 0 Å². The first kappa shape index (κ1) is 15.2. The number of esters is 1. The monoisotopic (exact) mass is 300 g/mol. The molecule has 0 aliphatic heterocycles. The molecule has 1 amide bonds. The van der Waals surface area contributed by atoms with Crippen molar-refractivity contribution in [3.63, 3.8) is 0 Å². The van der Waals surface area contributed by atoms with Crippen LogP contribution in [0.5, 0.6) is 0 Å². The summed E-state index contributed by atoms with van der Waals surface area (Å²) in [7, 11) is 1.28. The highest BCUT2D eigenvalue weighted by Crippen LogP contribution is 2.16. The van der Waals surface area contributed by atoms with E-state index in [1.54, 1.807) is 0 Å². The lowest BCUT2D eigenvalue weighted by Gasteiger charge is -2.05. The smallest absolute Gasteiger partial charge is 0.337 e. The van der Waals surface area contributed by atoms with Crippen LogP contribution in [-0.2, 0) is 4.74 Å². The molecule has 22 heavy (non-hydrogen) atoms. The Morgan fingerprint density at radius 1 is 1.00 bits per heavy atom. The molecule has 0 saturated heterocycles. The maximum absolute atomic E-state index is 12.0. The Hall–Kier alpha value is -3.22. The molecule has 0 unspecified atom stereocenters. The van der Waals surface area contributed by atoms with Gasteiger partial charge in [0.15, 0.2) is 0 Å². The molecule has 2 aromatic carbocycles. The van der Waals surface area contributed by atoms with Gasteiger partial charge in [0, 0.05) is 23.4 Å². The van der Waals surface area contributed by atoms with Gasteiger partial charge in [-0.25, -0.2) is 4.79 Å². The Balaban J connectivity index is 2.08. The number of nitrogens with one attached hydrogen (secondary N) is 1. The van der Waals surface area contributed by atoms with Crippen LogP contribution in [0.3, 0.4) is 0 Å². The molecule has 2 rings (SSSR count). The number of amides is 1. The molecule has 112 valence electrons. The minimum atomic E-state index is -0.517. The number of nitro benzene ring substituents is 1. The highest BCUT2D eigenvalue weighted by Gasteiger charge is 2.10. The van der Waals surface area contributed by atoms with E-state index in [2.05, 4.69) is 10.1 Å². The predicted octanol–water partition coefficient (Wildman–Crippen LogP) is 2.63. The zero-order chi connectivity index (χ0) is 16.1. The number of hydrogen-bond acceptors (Lipinski definition) is 5. The third-order valence-electron chi connectivity index (χ3n) is 2.90. The number of nitrogens with zero attached hydrogens (tertiary/aromatic N) is 1. The molecule has 0 aromatic heterocycles. The van der Waals surface area contributed by atoms with Crippen LogP contribution in [0.15, 0.2) is 48.5 Å². The average Bonchev–Trinajstić information content (AvgIpc) is 2.54. The summed E-state index contributed by atoms with van der Waals surface area (Å²) in [5.41, 5.74) is 1.08. The maximum atomic E-state index is 12.0. The second kappa shape index (κ2) is 6.49. The number of benzene rings is 2. The summed E-state index contributed by atoms with van der Waals surface area (Å²) in [5.74, 6) is -0.868. The number of rotatable bonds is 4. The number of methoxy groups -OCH3 is 1. The molecule has 2 aromatic rings. The van der Waals surface area contributed by atoms with Crippen LogP contribution in [0.2, 0.25) is 0 Å². The van der Waals surface area contributed by atoms with Crippen molar-refractivity contribution >= 4 is 23.3 Å². The van der Waals surface area contributed by atoms with Gasteiger partial charge in [-0.15, -0.1) is 0 Å². The highest BCUT2D eigenvalue weighted by atomic mass is 16.6. The van der Waals surface area contributed by atoms with E-state index in [0.717, 1.165) is 0 Å². The second-order valence-electron chi connectivity index (χ2n) is 4.33. The second-order valence-corrected chi connectivity index (χ2v) is 4.33. The third-order valence-corrected chi connectivity index (χ3v) is 2.90. The molecule has 0 spiro atoms.